The molecule has 0 bridgehead atoms. The highest BCUT2D eigenvalue weighted by molar-refractivity contribution is 6.02. The Kier molecular flexibility index (Phi) is 8.81. The molecule has 0 radical (unpaired) electrons. The highest BCUT2D eigenvalue weighted by atomic mass is 15.0. The maximum Gasteiger partial charge on any atom is 0.0542 e. The summed E-state index contributed by atoms with van der Waals surface area (Å²) in [4.78, 5) is 0. The zero-order chi connectivity index (χ0) is 43.6. The number of hydrogen-bond donors (Lipinski definition) is 0. The minimum atomic E-state index is 1.11. The second-order valence-corrected chi connectivity index (χ2v) is 17.0. The maximum absolute atomic E-state index is 2.43. The van der Waals surface area contributed by atoms with Gasteiger partial charge in [-0.3, -0.25) is 0 Å². The van der Waals surface area contributed by atoms with Crippen LogP contribution in [0.3, 0.4) is 0 Å². The smallest absolute Gasteiger partial charge is 0.0542 e. The summed E-state index contributed by atoms with van der Waals surface area (Å²) in [5.41, 5.74) is 18.5. The fourth-order valence-electron chi connectivity index (χ4n) is 10.1. The van der Waals surface area contributed by atoms with Crippen LogP contribution in [0.2, 0.25) is 0 Å². The third kappa shape index (κ3) is 6.22. The lowest BCUT2D eigenvalue weighted by Crippen LogP contribution is -2.00. The third-order valence-corrected chi connectivity index (χ3v) is 13.2. The molecule has 0 saturated carbocycles. The van der Waals surface area contributed by atoms with Crippen LogP contribution in [0.4, 0.5) is 0 Å². The first-order valence-corrected chi connectivity index (χ1v) is 22.6. The van der Waals surface area contributed by atoms with Gasteiger partial charge in [0.05, 0.1) is 44.8 Å². The molecule has 0 aliphatic heterocycles. The van der Waals surface area contributed by atoms with E-state index in [0.717, 1.165) is 45.2 Å². The number of fused-ring (bicyclic) bond motifs is 4. The molecule has 4 nitrogen and oxygen atoms in total. The molecular formula is C62H42N4. The summed E-state index contributed by atoms with van der Waals surface area (Å²) in [5, 5.41) is 4.79. The first-order valence-electron chi connectivity index (χ1n) is 22.6. The van der Waals surface area contributed by atoms with Crippen molar-refractivity contribution in [2.75, 3.05) is 0 Å². The van der Waals surface area contributed by atoms with E-state index in [1.807, 2.05) is 0 Å². The molecule has 9 aromatic carbocycles. The average Bonchev–Trinajstić information content (AvgIpc) is 4.17. The van der Waals surface area contributed by atoms with Crippen LogP contribution in [-0.4, -0.2) is 18.3 Å². The number of aromatic nitrogens is 4. The van der Waals surface area contributed by atoms with Gasteiger partial charge in [-0.25, -0.2) is 0 Å². The van der Waals surface area contributed by atoms with Crippen LogP contribution in [0, 0.1) is 0 Å². The Labute approximate surface area is 382 Å². The summed E-state index contributed by atoms with van der Waals surface area (Å²) in [5.74, 6) is 0. The molecule has 0 aliphatic carbocycles. The molecule has 0 amide bonds. The van der Waals surface area contributed by atoms with E-state index in [1.165, 1.54) is 66.2 Å². The van der Waals surface area contributed by atoms with Crippen LogP contribution in [0.5, 0.6) is 0 Å². The quantitative estimate of drug-likeness (QED) is 0.145. The minimum absolute atomic E-state index is 1.11. The lowest BCUT2D eigenvalue weighted by Gasteiger charge is -2.15. The van der Waals surface area contributed by atoms with Gasteiger partial charge < -0.3 is 18.3 Å². The van der Waals surface area contributed by atoms with E-state index in [4.69, 9.17) is 0 Å². The van der Waals surface area contributed by atoms with Crippen molar-refractivity contribution in [2.24, 2.45) is 0 Å². The van der Waals surface area contributed by atoms with E-state index in [2.05, 4.69) is 273 Å². The van der Waals surface area contributed by atoms with Crippen LogP contribution in [-0.2, 0) is 0 Å². The Balaban J connectivity index is 0.972. The Hall–Kier alpha value is -8.86. The lowest BCUT2D eigenvalue weighted by atomic mass is 10.1. The van der Waals surface area contributed by atoms with Gasteiger partial charge in [-0.05, 0) is 119 Å². The first-order chi connectivity index (χ1) is 32.7. The van der Waals surface area contributed by atoms with Gasteiger partial charge in [0.25, 0.3) is 0 Å². The zero-order valence-corrected chi connectivity index (χ0v) is 36.0. The molecule has 0 N–H and O–H groups in total. The zero-order valence-electron chi connectivity index (χ0n) is 36.0. The molecule has 0 spiro atoms. The monoisotopic (exact) mass is 842 g/mol. The van der Waals surface area contributed by atoms with E-state index in [1.54, 1.807) is 0 Å². The van der Waals surface area contributed by atoms with Gasteiger partial charge in [-0.1, -0.05) is 158 Å². The van der Waals surface area contributed by atoms with Crippen molar-refractivity contribution in [3.63, 3.8) is 0 Å². The minimum Gasteiger partial charge on any atom is -0.309 e. The van der Waals surface area contributed by atoms with Crippen molar-refractivity contribution in [1.29, 1.82) is 0 Å². The number of rotatable bonds is 8. The predicted molar refractivity (Wildman–Crippen MR) is 276 cm³/mol. The fraction of sp³-hybridized carbons (Fsp3) is 0. The number of hydrogen-bond acceptors (Lipinski definition) is 0. The highest BCUT2D eigenvalue weighted by Crippen LogP contribution is 2.40. The van der Waals surface area contributed by atoms with Crippen molar-refractivity contribution in [2.45, 2.75) is 0 Å². The SMILES string of the molecule is c1ccc(-c2cc3ccccc3n2-c2ccc(-n3c(-c4ccccc4)cc4cc5c(cc(-c6ccccc6)n5-c5ccc(-n6c(-c7ccccc7)cc7ccccc76)cc5)cc43)cc2)cc1. The largest absolute Gasteiger partial charge is 0.309 e. The van der Waals surface area contributed by atoms with E-state index < -0.39 is 0 Å². The normalized spacial score (nSPS) is 11.6. The fourth-order valence-corrected chi connectivity index (χ4v) is 10.1. The van der Waals surface area contributed by atoms with Crippen molar-refractivity contribution < 1.29 is 0 Å². The second kappa shape index (κ2) is 15.4. The summed E-state index contributed by atoms with van der Waals surface area (Å²) in [7, 11) is 0. The number of benzene rings is 9. The van der Waals surface area contributed by atoms with Crippen LogP contribution in [0.25, 0.3) is 111 Å². The first kappa shape index (κ1) is 37.7. The molecule has 13 rings (SSSR count). The Morgan fingerprint density at radius 2 is 0.424 bits per heavy atom. The van der Waals surface area contributed by atoms with E-state index in [9.17, 15) is 0 Å². The molecule has 13 aromatic rings. The van der Waals surface area contributed by atoms with Gasteiger partial charge >= 0.3 is 0 Å². The van der Waals surface area contributed by atoms with Gasteiger partial charge in [-0.2, -0.15) is 0 Å². The molecule has 0 aliphatic rings. The van der Waals surface area contributed by atoms with Gasteiger partial charge in [-0.15, -0.1) is 0 Å². The molecule has 0 unspecified atom stereocenters. The predicted octanol–water partition coefficient (Wildman–Crippen LogP) is 16.1. The van der Waals surface area contributed by atoms with Crippen LogP contribution >= 0.6 is 0 Å². The molecular weight excluding hydrogens is 801 g/mol. The molecule has 4 heteroatoms. The van der Waals surface area contributed by atoms with E-state index in [-0.39, 0.29) is 0 Å². The maximum atomic E-state index is 2.43. The average molecular weight is 843 g/mol. The molecule has 0 atom stereocenters. The van der Waals surface area contributed by atoms with Crippen LogP contribution in [0.1, 0.15) is 0 Å². The number of nitrogens with zero attached hydrogens (tertiary/aromatic N) is 4. The molecule has 4 aromatic heterocycles. The van der Waals surface area contributed by atoms with Crippen molar-refractivity contribution in [3.8, 4) is 67.8 Å². The van der Waals surface area contributed by atoms with Crippen LogP contribution < -0.4 is 0 Å². The highest BCUT2D eigenvalue weighted by Gasteiger charge is 2.20. The van der Waals surface area contributed by atoms with Crippen LogP contribution in [0.15, 0.2) is 255 Å². The molecule has 310 valence electrons. The standard InChI is InChI=1S/C62H42N4/c1-5-17-43(18-6-1)57-37-47-25-13-15-27-55(47)63(57)51-29-33-53(34-30-51)65-59(45-21-9-3-10-22-45)39-49-42-62-50(41-61(49)65)40-60(46-23-11-4-12-24-46)66(62)54-35-31-52(32-36-54)64-56-28-16-14-26-48(56)38-58(64)44-19-7-2-8-20-44/h1-42H. The molecule has 0 fully saturated rings. The van der Waals surface area contributed by atoms with Gasteiger partial charge in [0, 0.05) is 44.3 Å². The summed E-state index contributed by atoms with van der Waals surface area (Å²) in [6.07, 6.45) is 0. The molecule has 66 heavy (non-hydrogen) atoms. The molecule has 4 heterocycles. The van der Waals surface area contributed by atoms with E-state index >= 15 is 0 Å². The van der Waals surface area contributed by atoms with Gasteiger partial charge in [0.2, 0.25) is 0 Å². The van der Waals surface area contributed by atoms with Crippen molar-refractivity contribution in [1.82, 2.24) is 18.3 Å². The summed E-state index contributed by atoms with van der Waals surface area (Å²) < 4.78 is 9.62. The summed E-state index contributed by atoms with van der Waals surface area (Å²) in [6, 6.07) is 92.4. The van der Waals surface area contributed by atoms with Crippen molar-refractivity contribution >= 4 is 43.6 Å². The number of para-hydroxylation sites is 2. The Morgan fingerprint density at radius 1 is 0.182 bits per heavy atom. The third-order valence-electron chi connectivity index (χ3n) is 13.2. The lowest BCUT2D eigenvalue weighted by molar-refractivity contribution is 1.10. The van der Waals surface area contributed by atoms with Gasteiger partial charge in [0.1, 0.15) is 0 Å². The Morgan fingerprint density at radius 3 is 0.727 bits per heavy atom. The topological polar surface area (TPSA) is 19.7 Å². The summed E-state index contributed by atoms with van der Waals surface area (Å²) >= 11 is 0. The van der Waals surface area contributed by atoms with Gasteiger partial charge in [0.15, 0.2) is 0 Å². The Bertz CT molecular complexity index is 3610. The molecule has 0 saturated heterocycles. The van der Waals surface area contributed by atoms with Crippen molar-refractivity contribution in [3.05, 3.63) is 255 Å². The second-order valence-electron chi connectivity index (χ2n) is 17.0. The summed E-state index contributed by atoms with van der Waals surface area (Å²) in [6.45, 7) is 0. The van der Waals surface area contributed by atoms with E-state index in [0.29, 0.717) is 0 Å².